The molecule has 1 aromatic heterocycles. The predicted octanol–water partition coefficient (Wildman–Crippen LogP) is 1.85. The largest absolute Gasteiger partial charge is 0.465 e. The van der Waals surface area contributed by atoms with Crippen LogP contribution in [-0.2, 0) is 19.1 Å². The van der Waals surface area contributed by atoms with E-state index in [0.717, 1.165) is 17.4 Å². The number of carbonyl (C=O) groups excluding carboxylic acids is 2. The number of para-hydroxylation sites is 1. The summed E-state index contributed by atoms with van der Waals surface area (Å²) in [5.41, 5.74) is 0.825. The van der Waals surface area contributed by atoms with Crippen LogP contribution in [0.1, 0.15) is 13.8 Å². The van der Waals surface area contributed by atoms with Crippen LogP contribution >= 0.6 is 11.8 Å². The van der Waals surface area contributed by atoms with Crippen LogP contribution in [-0.4, -0.2) is 45.2 Å². The van der Waals surface area contributed by atoms with E-state index in [-0.39, 0.29) is 13.2 Å². The topological polar surface area (TPSA) is 83.3 Å². The number of thioether (sulfide) groups is 1. The zero-order valence-electron chi connectivity index (χ0n) is 12.8. The van der Waals surface area contributed by atoms with Gasteiger partial charge in [-0.05, 0) is 26.0 Å². The van der Waals surface area contributed by atoms with Gasteiger partial charge in [-0.15, -0.1) is 10.2 Å². The third kappa shape index (κ3) is 4.32. The van der Waals surface area contributed by atoms with Crippen molar-refractivity contribution in [1.29, 1.82) is 0 Å². The lowest BCUT2D eigenvalue weighted by Crippen LogP contribution is -2.31. The van der Waals surface area contributed by atoms with E-state index in [1.165, 1.54) is 6.33 Å². The number of nitrogens with zero attached hydrogens (tertiary/aromatic N) is 3. The Morgan fingerprint density at radius 1 is 1.13 bits per heavy atom. The highest BCUT2D eigenvalue weighted by Gasteiger charge is 2.32. The molecule has 0 saturated carbocycles. The molecule has 0 aliphatic heterocycles. The standard InChI is InChI=1S/C15H17N3O4S/c1-3-21-13(19)12(14(20)22-4-2)23-15-17-16-10-18(15)11-8-6-5-7-9-11/h5-10,12H,3-4H2,1-2H3. The van der Waals surface area contributed by atoms with Crippen molar-refractivity contribution < 1.29 is 19.1 Å². The van der Waals surface area contributed by atoms with Gasteiger partial charge in [0.2, 0.25) is 5.25 Å². The quantitative estimate of drug-likeness (QED) is 0.434. The fourth-order valence-corrected chi connectivity index (χ4v) is 2.70. The van der Waals surface area contributed by atoms with E-state index >= 15 is 0 Å². The molecule has 1 aromatic carbocycles. The van der Waals surface area contributed by atoms with Crippen molar-refractivity contribution >= 4 is 23.7 Å². The average molecular weight is 335 g/mol. The van der Waals surface area contributed by atoms with E-state index < -0.39 is 17.2 Å². The molecule has 122 valence electrons. The second-order valence-electron chi connectivity index (χ2n) is 4.32. The van der Waals surface area contributed by atoms with Crippen molar-refractivity contribution in [3.05, 3.63) is 36.7 Å². The summed E-state index contributed by atoms with van der Waals surface area (Å²) in [4.78, 5) is 24.1. The van der Waals surface area contributed by atoms with Crippen LogP contribution in [0, 0.1) is 0 Å². The van der Waals surface area contributed by atoms with Gasteiger partial charge in [-0.25, -0.2) is 0 Å². The van der Waals surface area contributed by atoms with Gasteiger partial charge in [-0.3, -0.25) is 14.2 Å². The maximum absolute atomic E-state index is 12.0. The van der Waals surface area contributed by atoms with Gasteiger partial charge in [0.15, 0.2) is 5.16 Å². The normalized spacial score (nSPS) is 10.6. The molecule has 0 bridgehead atoms. The van der Waals surface area contributed by atoms with Crippen LogP contribution in [0.2, 0.25) is 0 Å². The molecule has 0 aliphatic carbocycles. The van der Waals surface area contributed by atoms with Crippen molar-refractivity contribution in [3.8, 4) is 5.69 Å². The van der Waals surface area contributed by atoms with Crippen LogP contribution in [0.5, 0.6) is 0 Å². The summed E-state index contributed by atoms with van der Waals surface area (Å²) in [5, 5.41) is 7.10. The van der Waals surface area contributed by atoms with E-state index in [1.807, 2.05) is 30.3 Å². The molecule has 2 rings (SSSR count). The Kier molecular flexibility index (Phi) is 6.16. The first kappa shape index (κ1) is 17.0. The molecule has 0 N–H and O–H groups in total. The third-order valence-corrected chi connectivity index (χ3v) is 3.89. The highest BCUT2D eigenvalue weighted by molar-refractivity contribution is 8.01. The Morgan fingerprint density at radius 2 is 1.74 bits per heavy atom. The number of esters is 2. The highest BCUT2D eigenvalue weighted by atomic mass is 32.2. The maximum Gasteiger partial charge on any atom is 0.331 e. The molecule has 0 radical (unpaired) electrons. The maximum atomic E-state index is 12.0. The number of aromatic nitrogens is 3. The van der Waals surface area contributed by atoms with E-state index in [4.69, 9.17) is 9.47 Å². The summed E-state index contributed by atoms with van der Waals surface area (Å²) in [6.45, 7) is 3.72. The molecule has 0 spiro atoms. The first-order chi connectivity index (χ1) is 11.2. The number of hydrogen-bond acceptors (Lipinski definition) is 7. The van der Waals surface area contributed by atoms with E-state index in [1.54, 1.807) is 18.4 Å². The second-order valence-corrected chi connectivity index (χ2v) is 5.39. The predicted molar refractivity (Wildman–Crippen MR) is 84.3 cm³/mol. The minimum absolute atomic E-state index is 0.181. The minimum Gasteiger partial charge on any atom is -0.465 e. The molecular weight excluding hydrogens is 318 g/mol. The Hall–Kier alpha value is -2.35. The van der Waals surface area contributed by atoms with Crippen molar-refractivity contribution in [2.45, 2.75) is 24.3 Å². The molecule has 8 heteroatoms. The van der Waals surface area contributed by atoms with Gasteiger partial charge in [0, 0.05) is 5.69 Å². The molecule has 23 heavy (non-hydrogen) atoms. The van der Waals surface area contributed by atoms with Gasteiger partial charge in [-0.1, -0.05) is 30.0 Å². The molecule has 0 fully saturated rings. The van der Waals surface area contributed by atoms with Crippen LogP contribution in [0.3, 0.4) is 0 Å². The highest BCUT2D eigenvalue weighted by Crippen LogP contribution is 2.25. The summed E-state index contributed by atoms with van der Waals surface area (Å²) in [6, 6.07) is 9.38. The monoisotopic (exact) mass is 335 g/mol. The van der Waals surface area contributed by atoms with Crippen molar-refractivity contribution in [1.82, 2.24) is 14.8 Å². The number of ether oxygens (including phenoxy) is 2. The molecule has 1 heterocycles. The Morgan fingerprint density at radius 3 is 2.30 bits per heavy atom. The van der Waals surface area contributed by atoms with Gasteiger partial charge in [-0.2, -0.15) is 0 Å². The second kappa shape index (κ2) is 8.33. The lowest BCUT2D eigenvalue weighted by Gasteiger charge is -2.14. The van der Waals surface area contributed by atoms with Crippen LogP contribution in [0.15, 0.2) is 41.8 Å². The number of carbonyl (C=O) groups is 2. The lowest BCUT2D eigenvalue weighted by molar-refractivity contribution is -0.152. The van der Waals surface area contributed by atoms with Crippen molar-refractivity contribution in [2.75, 3.05) is 13.2 Å². The third-order valence-electron chi connectivity index (χ3n) is 2.78. The molecule has 0 saturated heterocycles. The van der Waals surface area contributed by atoms with Crippen LogP contribution < -0.4 is 0 Å². The molecule has 0 amide bonds. The van der Waals surface area contributed by atoms with Gasteiger partial charge < -0.3 is 9.47 Å². The summed E-state index contributed by atoms with van der Waals surface area (Å²) >= 11 is 0.953. The van der Waals surface area contributed by atoms with E-state index in [2.05, 4.69) is 10.2 Å². The van der Waals surface area contributed by atoms with Crippen molar-refractivity contribution in [3.63, 3.8) is 0 Å². The molecule has 0 atom stereocenters. The number of hydrogen-bond donors (Lipinski definition) is 0. The SMILES string of the molecule is CCOC(=O)C(Sc1nncn1-c1ccccc1)C(=O)OCC. The van der Waals surface area contributed by atoms with E-state index in [0.29, 0.717) is 5.16 Å². The average Bonchev–Trinajstić information content (AvgIpc) is 3.02. The molecule has 0 unspecified atom stereocenters. The minimum atomic E-state index is -1.14. The van der Waals surface area contributed by atoms with Gasteiger partial charge in [0.1, 0.15) is 6.33 Å². The van der Waals surface area contributed by atoms with E-state index in [9.17, 15) is 9.59 Å². The molecule has 0 aliphatic rings. The van der Waals surface area contributed by atoms with Crippen LogP contribution in [0.25, 0.3) is 5.69 Å². The summed E-state index contributed by atoms with van der Waals surface area (Å²) in [6.07, 6.45) is 1.52. The zero-order chi connectivity index (χ0) is 16.7. The first-order valence-electron chi connectivity index (χ1n) is 7.12. The lowest BCUT2D eigenvalue weighted by atomic mass is 10.3. The zero-order valence-corrected chi connectivity index (χ0v) is 13.7. The van der Waals surface area contributed by atoms with Gasteiger partial charge in [0.05, 0.1) is 13.2 Å². The summed E-state index contributed by atoms with van der Waals surface area (Å²) in [7, 11) is 0. The van der Waals surface area contributed by atoms with Gasteiger partial charge in [0.25, 0.3) is 0 Å². The van der Waals surface area contributed by atoms with Gasteiger partial charge >= 0.3 is 11.9 Å². The fraction of sp³-hybridized carbons (Fsp3) is 0.333. The molecule has 7 nitrogen and oxygen atoms in total. The first-order valence-corrected chi connectivity index (χ1v) is 8.00. The number of rotatable bonds is 7. The Labute approximate surface area is 138 Å². The Bertz CT molecular complexity index is 642. The van der Waals surface area contributed by atoms with Crippen LogP contribution in [0.4, 0.5) is 0 Å². The van der Waals surface area contributed by atoms with Crippen molar-refractivity contribution in [2.24, 2.45) is 0 Å². The smallest absolute Gasteiger partial charge is 0.331 e. The molecule has 2 aromatic rings. The summed E-state index contributed by atoms with van der Waals surface area (Å²) in [5.74, 6) is -1.31. The Balaban J connectivity index is 2.25. The number of benzene rings is 1. The molecular formula is C15H17N3O4S. The fourth-order valence-electron chi connectivity index (χ4n) is 1.80. The summed E-state index contributed by atoms with van der Waals surface area (Å²) < 4.78 is 11.6.